The van der Waals surface area contributed by atoms with E-state index in [4.69, 9.17) is 15.9 Å². The maximum absolute atomic E-state index is 10.6. The Morgan fingerprint density at radius 2 is 1.54 bits per heavy atom. The first-order chi connectivity index (χ1) is 13.6. The van der Waals surface area contributed by atoms with Crippen LogP contribution in [-0.4, -0.2) is 53.6 Å². The normalized spacial score (nSPS) is 12.0. The van der Waals surface area contributed by atoms with Gasteiger partial charge < -0.3 is 26.4 Å². The van der Waals surface area contributed by atoms with Crippen LogP contribution in [0.5, 0.6) is 0 Å². The third kappa shape index (κ3) is 29.8. The fourth-order valence-electron chi connectivity index (χ4n) is 2.67. The standard InChI is InChI=1S/C18H35NO2.C4H11NO2/c1-2-3-4-11-14-17(20)15-12-9-7-5-6-8-10-13-16-18(19)21;6-3-1-5-2-4-7/h9,12,17,20H,2-8,10-11,13-16H2,1H3,(H2,19,21);5-7H,1-4H2/b12-9-;. The van der Waals surface area contributed by atoms with Crippen LogP contribution in [0.15, 0.2) is 12.2 Å². The van der Waals surface area contributed by atoms with Crippen LogP contribution < -0.4 is 11.1 Å². The Hall–Kier alpha value is -0.950. The number of allylic oxidation sites excluding steroid dienone is 1. The summed E-state index contributed by atoms with van der Waals surface area (Å²) in [5.41, 5.74) is 5.09. The van der Waals surface area contributed by atoms with Gasteiger partial charge in [-0.2, -0.15) is 0 Å². The van der Waals surface area contributed by atoms with E-state index in [1.54, 1.807) is 0 Å². The Morgan fingerprint density at radius 1 is 0.929 bits per heavy atom. The summed E-state index contributed by atoms with van der Waals surface area (Å²) in [5.74, 6) is -0.189. The molecule has 0 saturated carbocycles. The van der Waals surface area contributed by atoms with E-state index in [1.807, 2.05) is 0 Å². The fraction of sp³-hybridized carbons (Fsp3) is 0.864. The van der Waals surface area contributed by atoms with Crippen molar-refractivity contribution in [3.05, 3.63) is 12.2 Å². The monoisotopic (exact) mass is 402 g/mol. The number of aliphatic hydroxyl groups excluding tert-OH is 3. The molecule has 0 heterocycles. The summed E-state index contributed by atoms with van der Waals surface area (Å²) in [4.78, 5) is 10.6. The summed E-state index contributed by atoms with van der Waals surface area (Å²) in [5, 5.41) is 28.9. The van der Waals surface area contributed by atoms with Gasteiger partial charge in [0.25, 0.3) is 0 Å². The van der Waals surface area contributed by atoms with Crippen LogP contribution in [0.3, 0.4) is 0 Å². The van der Waals surface area contributed by atoms with Gasteiger partial charge in [-0.1, -0.05) is 64.0 Å². The summed E-state index contributed by atoms with van der Waals surface area (Å²) in [6, 6.07) is 0. The van der Waals surface area contributed by atoms with Crippen LogP contribution in [0.1, 0.15) is 90.4 Å². The zero-order valence-electron chi connectivity index (χ0n) is 18.1. The Morgan fingerprint density at radius 3 is 2.14 bits per heavy atom. The van der Waals surface area contributed by atoms with Crippen molar-refractivity contribution in [3.8, 4) is 0 Å². The molecule has 0 aromatic heterocycles. The molecule has 0 aliphatic heterocycles. The summed E-state index contributed by atoms with van der Waals surface area (Å²) < 4.78 is 0. The van der Waals surface area contributed by atoms with Gasteiger partial charge in [-0.25, -0.2) is 0 Å². The molecule has 0 fully saturated rings. The summed E-state index contributed by atoms with van der Waals surface area (Å²) in [7, 11) is 0. The Balaban J connectivity index is 0. The Kier molecular flexibility index (Phi) is 27.2. The average Bonchev–Trinajstić information content (AvgIpc) is 2.67. The van der Waals surface area contributed by atoms with E-state index in [2.05, 4.69) is 24.4 Å². The molecule has 168 valence electrons. The molecule has 28 heavy (non-hydrogen) atoms. The second-order valence-corrected chi connectivity index (χ2v) is 7.18. The van der Waals surface area contributed by atoms with E-state index in [-0.39, 0.29) is 25.2 Å². The zero-order valence-corrected chi connectivity index (χ0v) is 18.1. The highest BCUT2D eigenvalue weighted by Gasteiger charge is 2.00. The molecule has 6 N–H and O–H groups in total. The van der Waals surface area contributed by atoms with Crippen molar-refractivity contribution < 1.29 is 20.1 Å². The number of nitrogens with one attached hydrogen (secondary N) is 1. The molecule has 0 aliphatic rings. The lowest BCUT2D eigenvalue weighted by atomic mass is 10.1. The lowest BCUT2D eigenvalue weighted by Crippen LogP contribution is -2.21. The maximum atomic E-state index is 10.6. The van der Waals surface area contributed by atoms with Crippen molar-refractivity contribution in [1.82, 2.24) is 5.32 Å². The number of carbonyl (C=O) groups is 1. The van der Waals surface area contributed by atoms with Gasteiger partial charge in [-0.05, 0) is 32.1 Å². The van der Waals surface area contributed by atoms with Crippen molar-refractivity contribution in [2.75, 3.05) is 26.3 Å². The lowest BCUT2D eigenvalue weighted by molar-refractivity contribution is -0.118. The number of primary amides is 1. The molecule has 0 radical (unpaired) electrons. The van der Waals surface area contributed by atoms with E-state index >= 15 is 0 Å². The van der Waals surface area contributed by atoms with Gasteiger partial charge in [-0.3, -0.25) is 4.79 Å². The molecule has 0 aromatic carbocycles. The van der Waals surface area contributed by atoms with E-state index in [0.717, 1.165) is 38.5 Å². The molecule has 6 nitrogen and oxygen atoms in total. The van der Waals surface area contributed by atoms with E-state index < -0.39 is 0 Å². The topological polar surface area (TPSA) is 116 Å². The highest BCUT2D eigenvalue weighted by Crippen LogP contribution is 2.10. The first kappa shape index (κ1) is 29.3. The average molecular weight is 403 g/mol. The molecule has 1 unspecified atom stereocenters. The zero-order chi connectivity index (χ0) is 21.3. The highest BCUT2D eigenvalue weighted by atomic mass is 16.3. The smallest absolute Gasteiger partial charge is 0.217 e. The van der Waals surface area contributed by atoms with Crippen LogP contribution in [0, 0.1) is 0 Å². The molecule has 0 spiro atoms. The summed E-state index contributed by atoms with van der Waals surface area (Å²) in [6.07, 6.45) is 18.0. The number of rotatable bonds is 19. The predicted molar refractivity (Wildman–Crippen MR) is 117 cm³/mol. The number of aliphatic hydroxyl groups is 3. The van der Waals surface area contributed by atoms with Crippen LogP contribution in [0.2, 0.25) is 0 Å². The molecular weight excluding hydrogens is 356 g/mol. The van der Waals surface area contributed by atoms with Crippen molar-refractivity contribution >= 4 is 5.91 Å². The molecule has 0 saturated heterocycles. The van der Waals surface area contributed by atoms with Crippen molar-refractivity contribution in [2.45, 2.75) is 96.5 Å². The van der Waals surface area contributed by atoms with E-state index in [0.29, 0.717) is 19.5 Å². The Bertz CT molecular complexity index is 334. The molecule has 0 aliphatic carbocycles. The molecule has 0 bridgehead atoms. The number of nitrogens with two attached hydrogens (primary N) is 1. The quantitative estimate of drug-likeness (QED) is 0.168. The summed E-state index contributed by atoms with van der Waals surface area (Å²) >= 11 is 0. The molecule has 0 rings (SSSR count). The second kappa shape index (κ2) is 26.1. The molecular formula is C22H46N2O4. The number of hydrogen-bond donors (Lipinski definition) is 5. The van der Waals surface area contributed by atoms with Gasteiger partial charge in [0.2, 0.25) is 5.91 Å². The van der Waals surface area contributed by atoms with E-state index in [1.165, 1.54) is 38.5 Å². The van der Waals surface area contributed by atoms with Gasteiger partial charge in [0.15, 0.2) is 0 Å². The lowest BCUT2D eigenvalue weighted by Gasteiger charge is -2.07. The SMILES string of the molecule is CCCCCCC(O)C/C=C\CCCCCCCC(N)=O.OCCNCCO. The van der Waals surface area contributed by atoms with Crippen LogP contribution in [0.25, 0.3) is 0 Å². The molecule has 1 amide bonds. The molecule has 6 heteroatoms. The second-order valence-electron chi connectivity index (χ2n) is 7.18. The summed E-state index contributed by atoms with van der Waals surface area (Å²) in [6.45, 7) is 3.62. The largest absolute Gasteiger partial charge is 0.395 e. The van der Waals surface area contributed by atoms with Crippen LogP contribution in [0.4, 0.5) is 0 Å². The first-order valence-electron chi connectivity index (χ1n) is 11.1. The number of hydrogen-bond acceptors (Lipinski definition) is 5. The minimum absolute atomic E-state index is 0.139. The van der Waals surface area contributed by atoms with Gasteiger partial charge in [0, 0.05) is 19.5 Å². The van der Waals surface area contributed by atoms with Crippen LogP contribution in [-0.2, 0) is 4.79 Å². The third-order valence-electron chi connectivity index (χ3n) is 4.34. The molecule has 0 aromatic rings. The van der Waals surface area contributed by atoms with Gasteiger partial charge in [0.1, 0.15) is 0 Å². The fourth-order valence-corrected chi connectivity index (χ4v) is 2.67. The highest BCUT2D eigenvalue weighted by molar-refractivity contribution is 5.73. The Labute approximate surface area is 172 Å². The van der Waals surface area contributed by atoms with Gasteiger partial charge in [0.05, 0.1) is 19.3 Å². The van der Waals surface area contributed by atoms with Crippen molar-refractivity contribution in [2.24, 2.45) is 5.73 Å². The van der Waals surface area contributed by atoms with Gasteiger partial charge in [-0.15, -0.1) is 0 Å². The predicted octanol–water partition coefficient (Wildman–Crippen LogP) is 3.04. The van der Waals surface area contributed by atoms with Gasteiger partial charge >= 0.3 is 0 Å². The number of carbonyl (C=O) groups excluding carboxylic acids is 1. The third-order valence-corrected chi connectivity index (χ3v) is 4.34. The minimum atomic E-state index is -0.189. The maximum Gasteiger partial charge on any atom is 0.217 e. The first-order valence-corrected chi connectivity index (χ1v) is 11.1. The van der Waals surface area contributed by atoms with Crippen molar-refractivity contribution in [3.63, 3.8) is 0 Å². The minimum Gasteiger partial charge on any atom is -0.395 e. The van der Waals surface area contributed by atoms with Crippen LogP contribution >= 0.6 is 0 Å². The number of amides is 1. The van der Waals surface area contributed by atoms with E-state index in [9.17, 15) is 9.90 Å². The van der Waals surface area contributed by atoms with Crippen molar-refractivity contribution in [1.29, 1.82) is 0 Å². The number of unbranched alkanes of at least 4 members (excludes halogenated alkanes) is 8. The molecule has 1 atom stereocenters.